The van der Waals surface area contributed by atoms with Crippen LogP contribution in [0.3, 0.4) is 0 Å². The first-order chi connectivity index (χ1) is 17.7. The van der Waals surface area contributed by atoms with E-state index >= 15 is 0 Å². The summed E-state index contributed by atoms with van der Waals surface area (Å²) in [5, 5.41) is 0. The monoisotopic (exact) mass is 466 g/mol. The molecule has 0 fully saturated rings. The SMILES string of the molecule is O=C(CC(C=Cc1ccccc1)=Cc1ccccc1)CC(C=Cc1ccccc1)=Cc1ccccc1. The van der Waals surface area contributed by atoms with Gasteiger partial charge < -0.3 is 0 Å². The lowest BCUT2D eigenvalue weighted by atomic mass is 9.98. The van der Waals surface area contributed by atoms with Crippen LogP contribution >= 0.6 is 0 Å². The van der Waals surface area contributed by atoms with Crippen molar-refractivity contribution < 1.29 is 4.79 Å². The van der Waals surface area contributed by atoms with Gasteiger partial charge >= 0.3 is 0 Å². The highest BCUT2D eigenvalue weighted by atomic mass is 16.1. The first kappa shape index (κ1) is 24.6. The lowest BCUT2D eigenvalue weighted by Crippen LogP contribution is -2.00. The molecular formula is C35H30O. The Hall–Kier alpha value is -4.49. The van der Waals surface area contributed by atoms with E-state index in [1.807, 2.05) is 72.8 Å². The normalized spacial score (nSPS) is 12.3. The molecule has 0 aromatic heterocycles. The minimum Gasteiger partial charge on any atom is -0.299 e. The number of carbonyl (C=O) groups is 1. The van der Waals surface area contributed by atoms with Gasteiger partial charge in [-0.1, -0.05) is 158 Å². The maximum Gasteiger partial charge on any atom is 0.141 e. The Morgan fingerprint density at radius 2 is 0.750 bits per heavy atom. The van der Waals surface area contributed by atoms with Gasteiger partial charge in [-0.2, -0.15) is 0 Å². The van der Waals surface area contributed by atoms with Crippen LogP contribution in [0.25, 0.3) is 24.3 Å². The van der Waals surface area contributed by atoms with Crippen molar-refractivity contribution in [2.24, 2.45) is 0 Å². The number of benzene rings is 4. The molecule has 4 rings (SSSR count). The number of ketones is 1. The van der Waals surface area contributed by atoms with E-state index in [9.17, 15) is 4.79 Å². The van der Waals surface area contributed by atoms with E-state index in [0.29, 0.717) is 12.8 Å². The number of hydrogen-bond acceptors (Lipinski definition) is 1. The highest BCUT2D eigenvalue weighted by Gasteiger charge is 2.08. The van der Waals surface area contributed by atoms with Gasteiger partial charge in [0.25, 0.3) is 0 Å². The van der Waals surface area contributed by atoms with Gasteiger partial charge in [0.15, 0.2) is 0 Å². The summed E-state index contributed by atoms with van der Waals surface area (Å²) >= 11 is 0. The maximum absolute atomic E-state index is 13.3. The second-order valence-corrected chi connectivity index (χ2v) is 8.64. The van der Waals surface area contributed by atoms with Crippen molar-refractivity contribution in [3.8, 4) is 0 Å². The minimum atomic E-state index is 0.176. The van der Waals surface area contributed by atoms with Gasteiger partial charge in [0, 0.05) is 12.8 Å². The lowest BCUT2D eigenvalue weighted by Gasteiger charge is -2.06. The molecule has 0 saturated carbocycles. The lowest BCUT2D eigenvalue weighted by molar-refractivity contribution is -0.117. The molecule has 0 unspecified atom stereocenters. The van der Waals surface area contributed by atoms with Crippen molar-refractivity contribution in [1.82, 2.24) is 0 Å². The molecule has 0 spiro atoms. The Balaban J connectivity index is 1.56. The fourth-order valence-electron chi connectivity index (χ4n) is 3.90. The third-order valence-electron chi connectivity index (χ3n) is 5.68. The summed E-state index contributed by atoms with van der Waals surface area (Å²) in [5.74, 6) is 0.176. The molecule has 0 heterocycles. The van der Waals surface area contributed by atoms with Crippen molar-refractivity contribution >= 4 is 30.1 Å². The molecule has 0 bridgehead atoms. The quantitative estimate of drug-likeness (QED) is 0.213. The highest BCUT2D eigenvalue weighted by molar-refractivity contribution is 5.87. The van der Waals surface area contributed by atoms with Crippen molar-refractivity contribution in [3.63, 3.8) is 0 Å². The summed E-state index contributed by atoms with van der Waals surface area (Å²) in [6, 6.07) is 40.6. The Bertz CT molecular complexity index is 1240. The Labute approximate surface area is 214 Å². The molecule has 4 aromatic rings. The fourth-order valence-corrected chi connectivity index (χ4v) is 3.90. The van der Waals surface area contributed by atoms with E-state index in [1.54, 1.807) is 0 Å². The minimum absolute atomic E-state index is 0.176. The summed E-state index contributed by atoms with van der Waals surface area (Å²) in [6.45, 7) is 0. The summed E-state index contributed by atoms with van der Waals surface area (Å²) < 4.78 is 0. The van der Waals surface area contributed by atoms with Crippen LogP contribution < -0.4 is 0 Å². The summed E-state index contributed by atoms with van der Waals surface area (Å²) in [4.78, 5) is 13.3. The molecule has 176 valence electrons. The van der Waals surface area contributed by atoms with Gasteiger partial charge in [0.1, 0.15) is 5.78 Å². The summed E-state index contributed by atoms with van der Waals surface area (Å²) in [5.41, 5.74) is 6.37. The Kier molecular flexibility index (Phi) is 9.17. The van der Waals surface area contributed by atoms with E-state index in [1.165, 1.54) is 0 Å². The van der Waals surface area contributed by atoms with E-state index in [4.69, 9.17) is 0 Å². The van der Waals surface area contributed by atoms with E-state index in [0.717, 1.165) is 33.4 Å². The number of allylic oxidation sites excluding steroid dienone is 4. The average molecular weight is 467 g/mol. The first-order valence-electron chi connectivity index (χ1n) is 12.2. The van der Waals surface area contributed by atoms with Crippen LogP contribution in [0, 0.1) is 0 Å². The number of carbonyl (C=O) groups excluding carboxylic acids is 1. The molecule has 0 radical (unpaired) electrons. The second kappa shape index (κ2) is 13.4. The fraction of sp³-hybridized carbons (Fsp3) is 0.0571. The zero-order chi connectivity index (χ0) is 24.8. The molecule has 0 N–H and O–H groups in total. The van der Waals surface area contributed by atoms with Gasteiger partial charge in [-0.05, 0) is 33.4 Å². The van der Waals surface area contributed by atoms with Crippen LogP contribution in [-0.2, 0) is 4.79 Å². The second-order valence-electron chi connectivity index (χ2n) is 8.64. The predicted molar refractivity (Wildman–Crippen MR) is 154 cm³/mol. The van der Waals surface area contributed by atoms with Crippen molar-refractivity contribution in [3.05, 3.63) is 167 Å². The molecule has 4 aromatic carbocycles. The number of hydrogen-bond donors (Lipinski definition) is 0. The number of rotatable bonds is 10. The zero-order valence-electron chi connectivity index (χ0n) is 20.3. The van der Waals surface area contributed by atoms with E-state index in [2.05, 4.69) is 85.0 Å². The Morgan fingerprint density at radius 1 is 0.444 bits per heavy atom. The van der Waals surface area contributed by atoms with Crippen LogP contribution in [0.2, 0.25) is 0 Å². The van der Waals surface area contributed by atoms with Gasteiger partial charge in [-0.15, -0.1) is 0 Å². The molecular weight excluding hydrogens is 436 g/mol. The number of Topliss-reactive ketones (excluding diaryl/α,β-unsaturated/α-hetero) is 1. The molecule has 0 saturated heterocycles. The molecule has 0 atom stereocenters. The van der Waals surface area contributed by atoms with Crippen LogP contribution in [0.5, 0.6) is 0 Å². The van der Waals surface area contributed by atoms with Crippen LogP contribution in [0.15, 0.2) is 145 Å². The van der Waals surface area contributed by atoms with Gasteiger partial charge in [-0.25, -0.2) is 0 Å². The molecule has 0 aliphatic heterocycles. The molecule has 0 amide bonds. The summed E-state index contributed by atoms with van der Waals surface area (Å²) in [7, 11) is 0. The van der Waals surface area contributed by atoms with Gasteiger partial charge in [-0.3, -0.25) is 4.79 Å². The van der Waals surface area contributed by atoms with Crippen LogP contribution in [0.4, 0.5) is 0 Å². The largest absolute Gasteiger partial charge is 0.299 e. The molecule has 0 aliphatic carbocycles. The maximum atomic E-state index is 13.3. The van der Waals surface area contributed by atoms with Crippen molar-refractivity contribution in [2.75, 3.05) is 0 Å². The highest BCUT2D eigenvalue weighted by Crippen LogP contribution is 2.19. The van der Waals surface area contributed by atoms with Crippen LogP contribution in [0.1, 0.15) is 35.1 Å². The third kappa shape index (κ3) is 8.38. The van der Waals surface area contributed by atoms with Crippen molar-refractivity contribution in [1.29, 1.82) is 0 Å². The van der Waals surface area contributed by atoms with E-state index in [-0.39, 0.29) is 5.78 Å². The molecule has 1 heteroatoms. The smallest absolute Gasteiger partial charge is 0.141 e. The molecule has 36 heavy (non-hydrogen) atoms. The summed E-state index contributed by atoms with van der Waals surface area (Å²) in [6.07, 6.45) is 13.2. The average Bonchev–Trinajstić information content (AvgIpc) is 2.93. The Morgan fingerprint density at radius 3 is 1.08 bits per heavy atom. The first-order valence-corrected chi connectivity index (χ1v) is 12.2. The van der Waals surface area contributed by atoms with E-state index < -0.39 is 0 Å². The van der Waals surface area contributed by atoms with Crippen molar-refractivity contribution in [2.45, 2.75) is 12.8 Å². The molecule has 0 aliphatic rings. The topological polar surface area (TPSA) is 17.1 Å². The zero-order valence-corrected chi connectivity index (χ0v) is 20.3. The van der Waals surface area contributed by atoms with Crippen LogP contribution in [-0.4, -0.2) is 5.78 Å². The molecule has 1 nitrogen and oxygen atoms in total. The van der Waals surface area contributed by atoms with Gasteiger partial charge in [0.2, 0.25) is 0 Å². The third-order valence-corrected chi connectivity index (χ3v) is 5.68. The standard InChI is InChI=1S/C35H30O/c36-35(27-33(25-31-17-9-3-10-18-31)23-21-29-13-5-1-6-14-29)28-34(26-32-19-11-4-12-20-32)24-22-30-15-7-2-8-16-30/h1-26H,27-28H2. The predicted octanol–water partition coefficient (Wildman–Crippen LogP) is 8.93. The van der Waals surface area contributed by atoms with Gasteiger partial charge in [0.05, 0.1) is 0 Å².